The van der Waals surface area contributed by atoms with E-state index < -0.39 is 0 Å². The zero-order valence-electron chi connectivity index (χ0n) is 15.3. The van der Waals surface area contributed by atoms with Crippen molar-refractivity contribution in [3.05, 3.63) is 11.6 Å². The standard InChI is InChI=1S/C21H30O3/c1-13-10-15(22)11-14-4-5-16-17-6-7-19(23)20(17,2)9-8-18(16)21(13,14)12-24-3/h11,13,16-18H,4-10,12H2,1-3H3/t13?,16-,17-,18+,20-,21-/m0/s1. The lowest BCUT2D eigenvalue weighted by atomic mass is 9.45. The molecule has 0 aromatic heterocycles. The number of rotatable bonds is 2. The molecule has 0 heterocycles. The van der Waals surface area contributed by atoms with Crippen molar-refractivity contribution in [2.75, 3.05) is 13.7 Å². The number of hydrogen-bond donors (Lipinski definition) is 0. The lowest BCUT2D eigenvalue weighted by Gasteiger charge is -2.59. The van der Waals surface area contributed by atoms with E-state index in [0.717, 1.165) is 45.1 Å². The SMILES string of the molecule is COC[C@@]12C(=CC(=O)CC1C)CC[C@@H]1[C@H]2CC[C@]2(C)C(=O)CC[C@@H]12. The number of ether oxygens (including phenoxy) is 1. The predicted molar refractivity (Wildman–Crippen MR) is 92.5 cm³/mol. The second kappa shape index (κ2) is 5.52. The van der Waals surface area contributed by atoms with E-state index in [9.17, 15) is 9.59 Å². The van der Waals surface area contributed by atoms with Crippen LogP contribution < -0.4 is 0 Å². The molecule has 3 nitrogen and oxygen atoms in total. The van der Waals surface area contributed by atoms with Gasteiger partial charge in [0.25, 0.3) is 0 Å². The summed E-state index contributed by atoms with van der Waals surface area (Å²) in [6.45, 7) is 5.21. The minimum Gasteiger partial charge on any atom is -0.384 e. The summed E-state index contributed by atoms with van der Waals surface area (Å²) in [5, 5.41) is 0. The lowest BCUT2D eigenvalue weighted by Crippen LogP contribution is -2.56. The molecular formula is C21H30O3. The molecule has 0 N–H and O–H groups in total. The van der Waals surface area contributed by atoms with E-state index in [0.29, 0.717) is 41.7 Å². The summed E-state index contributed by atoms with van der Waals surface area (Å²) < 4.78 is 5.73. The fourth-order valence-corrected chi connectivity index (χ4v) is 7.10. The van der Waals surface area contributed by atoms with E-state index in [-0.39, 0.29) is 10.8 Å². The van der Waals surface area contributed by atoms with E-state index in [4.69, 9.17) is 4.74 Å². The summed E-state index contributed by atoms with van der Waals surface area (Å²) in [6.07, 6.45) is 8.75. The summed E-state index contributed by atoms with van der Waals surface area (Å²) in [7, 11) is 1.80. The Bertz CT molecular complexity index is 606. The molecule has 0 aromatic rings. The average molecular weight is 330 g/mol. The monoisotopic (exact) mass is 330 g/mol. The summed E-state index contributed by atoms with van der Waals surface area (Å²) in [5.41, 5.74) is 1.30. The fourth-order valence-electron chi connectivity index (χ4n) is 7.10. The molecule has 1 unspecified atom stereocenters. The molecule has 4 aliphatic carbocycles. The van der Waals surface area contributed by atoms with Crippen LogP contribution in [0.2, 0.25) is 0 Å². The molecule has 0 aromatic carbocycles. The number of methoxy groups -OCH3 is 1. The van der Waals surface area contributed by atoms with E-state index in [1.54, 1.807) is 7.11 Å². The molecule has 3 fully saturated rings. The molecule has 4 aliphatic rings. The number of hydrogen-bond acceptors (Lipinski definition) is 3. The summed E-state index contributed by atoms with van der Waals surface area (Å²) in [6, 6.07) is 0. The first kappa shape index (κ1) is 16.5. The Labute approximate surface area is 145 Å². The van der Waals surface area contributed by atoms with Crippen molar-refractivity contribution in [3.8, 4) is 0 Å². The van der Waals surface area contributed by atoms with Gasteiger partial charge in [0.2, 0.25) is 0 Å². The lowest BCUT2D eigenvalue weighted by molar-refractivity contribution is -0.137. The van der Waals surface area contributed by atoms with Crippen LogP contribution in [0.25, 0.3) is 0 Å². The van der Waals surface area contributed by atoms with Crippen LogP contribution in [-0.2, 0) is 14.3 Å². The van der Waals surface area contributed by atoms with Gasteiger partial charge in [-0.1, -0.05) is 19.4 Å². The Morgan fingerprint density at radius 1 is 1.17 bits per heavy atom. The summed E-state index contributed by atoms with van der Waals surface area (Å²) in [4.78, 5) is 24.7. The van der Waals surface area contributed by atoms with Crippen molar-refractivity contribution in [2.24, 2.45) is 34.5 Å². The number of carbonyl (C=O) groups is 2. The topological polar surface area (TPSA) is 43.4 Å². The molecule has 0 amide bonds. The van der Waals surface area contributed by atoms with Crippen molar-refractivity contribution in [3.63, 3.8) is 0 Å². The Balaban J connectivity index is 1.76. The van der Waals surface area contributed by atoms with Gasteiger partial charge in [0, 0.05) is 30.8 Å². The molecular weight excluding hydrogens is 300 g/mol. The molecule has 6 atom stereocenters. The number of fused-ring (bicyclic) bond motifs is 5. The minimum atomic E-state index is -0.0790. The fraction of sp³-hybridized carbons (Fsp3) is 0.810. The molecule has 0 spiro atoms. The third kappa shape index (κ3) is 2.00. The maximum atomic E-state index is 12.5. The first-order chi connectivity index (χ1) is 11.4. The normalized spacial score (nSPS) is 47.7. The van der Waals surface area contributed by atoms with Gasteiger partial charge in [-0.3, -0.25) is 9.59 Å². The van der Waals surface area contributed by atoms with Gasteiger partial charge in [0.15, 0.2) is 5.78 Å². The third-order valence-electron chi connectivity index (χ3n) is 8.26. The first-order valence-electron chi connectivity index (χ1n) is 9.69. The van der Waals surface area contributed by atoms with Crippen LogP contribution in [0.1, 0.15) is 58.8 Å². The van der Waals surface area contributed by atoms with Crippen molar-refractivity contribution in [2.45, 2.75) is 58.8 Å². The quantitative estimate of drug-likeness (QED) is 0.770. The first-order valence-corrected chi connectivity index (χ1v) is 9.69. The maximum Gasteiger partial charge on any atom is 0.155 e. The highest BCUT2D eigenvalue weighted by atomic mass is 16.5. The maximum absolute atomic E-state index is 12.5. The van der Waals surface area contributed by atoms with Crippen LogP contribution >= 0.6 is 0 Å². The van der Waals surface area contributed by atoms with Crippen LogP contribution in [0.5, 0.6) is 0 Å². The molecule has 0 saturated heterocycles. The minimum absolute atomic E-state index is 0.0263. The van der Waals surface area contributed by atoms with Gasteiger partial charge in [-0.2, -0.15) is 0 Å². The Morgan fingerprint density at radius 3 is 2.71 bits per heavy atom. The van der Waals surface area contributed by atoms with Crippen molar-refractivity contribution < 1.29 is 14.3 Å². The Kier molecular flexibility index (Phi) is 3.80. The molecule has 0 aliphatic heterocycles. The van der Waals surface area contributed by atoms with Gasteiger partial charge in [-0.15, -0.1) is 0 Å². The van der Waals surface area contributed by atoms with Gasteiger partial charge in [0.1, 0.15) is 5.78 Å². The molecule has 0 bridgehead atoms. The van der Waals surface area contributed by atoms with Crippen LogP contribution in [0, 0.1) is 34.5 Å². The molecule has 4 rings (SSSR count). The van der Waals surface area contributed by atoms with Crippen LogP contribution in [0.3, 0.4) is 0 Å². The van der Waals surface area contributed by atoms with Crippen molar-refractivity contribution in [1.29, 1.82) is 0 Å². The largest absolute Gasteiger partial charge is 0.384 e. The molecule has 3 heteroatoms. The number of Topliss-reactive ketones (excluding diaryl/α,β-unsaturated/α-hetero) is 1. The molecule has 132 valence electrons. The van der Waals surface area contributed by atoms with Crippen molar-refractivity contribution in [1.82, 2.24) is 0 Å². The molecule has 3 saturated carbocycles. The van der Waals surface area contributed by atoms with Gasteiger partial charge >= 0.3 is 0 Å². The van der Waals surface area contributed by atoms with Gasteiger partial charge in [-0.05, 0) is 61.9 Å². The van der Waals surface area contributed by atoms with E-state index in [1.807, 2.05) is 6.08 Å². The highest BCUT2D eigenvalue weighted by Crippen LogP contribution is 2.65. The predicted octanol–water partition coefficient (Wildman–Crippen LogP) is 3.96. The van der Waals surface area contributed by atoms with Crippen LogP contribution in [-0.4, -0.2) is 25.3 Å². The highest BCUT2D eigenvalue weighted by molar-refractivity contribution is 5.92. The van der Waals surface area contributed by atoms with Gasteiger partial charge in [-0.25, -0.2) is 0 Å². The van der Waals surface area contributed by atoms with E-state index in [1.165, 1.54) is 5.57 Å². The van der Waals surface area contributed by atoms with Gasteiger partial charge < -0.3 is 4.74 Å². The zero-order valence-corrected chi connectivity index (χ0v) is 15.3. The summed E-state index contributed by atoms with van der Waals surface area (Å²) >= 11 is 0. The van der Waals surface area contributed by atoms with Crippen LogP contribution in [0.15, 0.2) is 11.6 Å². The second-order valence-electron chi connectivity index (χ2n) is 9.05. The zero-order chi connectivity index (χ0) is 17.1. The smallest absolute Gasteiger partial charge is 0.155 e. The second-order valence-corrected chi connectivity index (χ2v) is 9.05. The average Bonchev–Trinajstić information content (AvgIpc) is 2.84. The van der Waals surface area contributed by atoms with Crippen molar-refractivity contribution >= 4 is 11.6 Å². The highest BCUT2D eigenvalue weighted by Gasteiger charge is 2.61. The van der Waals surface area contributed by atoms with Crippen LogP contribution in [0.4, 0.5) is 0 Å². The third-order valence-corrected chi connectivity index (χ3v) is 8.26. The Hall–Kier alpha value is -0.960. The van der Waals surface area contributed by atoms with E-state index >= 15 is 0 Å². The number of ketones is 2. The van der Waals surface area contributed by atoms with E-state index in [2.05, 4.69) is 13.8 Å². The number of carbonyl (C=O) groups excluding carboxylic acids is 2. The van der Waals surface area contributed by atoms with Gasteiger partial charge in [0.05, 0.1) is 6.61 Å². The summed E-state index contributed by atoms with van der Waals surface area (Å²) in [5.74, 6) is 2.88. The molecule has 0 radical (unpaired) electrons. The Morgan fingerprint density at radius 2 is 1.96 bits per heavy atom. The molecule has 24 heavy (non-hydrogen) atoms.